The number of carbonyl (C=O) groups excluding carboxylic acids is 2. The second kappa shape index (κ2) is 5.03. The highest BCUT2D eigenvalue weighted by atomic mass is 16.7. The molecule has 0 aliphatic carbocycles. The van der Waals surface area contributed by atoms with Crippen molar-refractivity contribution < 1.29 is 23.9 Å². The molecule has 0 aromatic rings. The van der Waals surface area contributed by atoms with Crippen molar-refractivity contribution in [2.24, 2.45) is 11.8 Å². The Morgan fingerprint density at radius 1 is 1.11 bits per heavy atom. The van der Waals surface area contributed by atoms with Crippen molar-refractivity contribution in [1.29, 1.82) is 0 Å². The molecule has 4 atom stereocenters. The summed E-state index contributed by atoms with van der Waals surface area (Å²) in [6.07, 6.45) is 4.10. The second-order valence-corrected chi connectivity index (χ2v) is 4.92. The van der Waals surface area contributed by atoms with E-state index in [-0.39, 0.29) is 30.6 Å². The van der Waals surface area contributed by atoms with Crippen LogP contribution in [0.4, 0.5) is 0 Å². The molecule has 104 valence electrons. The van der Waals surface area contributed by atoms with Crippen molar-refractivity contribution in [1.82, 2.24) is 5.06 Å². The molecular formula is C13H17NO5. The summed E-state index contributed by atoms with van der Waals surface area (Å²) in [5.74, 6) is -1.39. The molecule has 3 rings (SSSR count). The van der Waals surface area contributed by atoms with Gasteiger partial charge < -0.3 is 9.47 Å². The van der Waals surface area contributed by atoms with Crippen LogP contribution in [-0.2, 0) is 23.9 Å². The van der Waals surface area contributed by atoms with Crippen molar-refractivity contribution in [3.8, 4) is 0 Å². The lowest BCUT2D eigenvalue weighted by molar-refractivity contribution is -0.194. The van der Waals surface area contributed by atoms with E-state index in [2.05, 4.69) is 0 Å². The van der Waals surface area contributed by atoms with Gasteiger partial charge in [-0.2, -0.15) is 5.06 Å². The van der Waals surface area contributed by atoms with Crippen LogP contribution in [0.25, 0.3) is 0 Å². The first-order valence-electron chi connectivity index (χ1n) is 6.66. The van der Waals surface area contributed by atoms with Crippen LogP contribution in [-0.4, -0.2) is 48.9 Å². The van der Waals surface area contributed by atoms with Gasteiger partial charge in [0.2, 0.25) is 0 Å². The number of hydroxylamine groups is 2. The summed E-state index contributed by atoms with van der Waals surface area (Å²) in [6.45, 7) is 3.25. The quantitative estimate of drug-likeness (QED) is 0.393. The number of fused-ring (bicyclic) bond motifs is 5. The smallest absolute Gasteiger partial charge is 0.260 e. The van der Waals surface area contributed by atoms with Gasteiger partial charge in [0.05, 0.1) is 37.3 Å². The summed E-state index contributed by atoms with van der Waals surface area (Å²) in [4.78, 5) is 29.5. The Morgan fingerprint density at radius 2 is 1.74 bits per heavy atom. The molecule has 0 spiro atoms. The molecule has 19 heavy (non-hydrogen) atoms. The zero-order chi connectivity index (χ0) is 13.4. The van der Waals surface area contributed by atoms with Crippen molar-refractivity contribution in [3.63, 3.8) is 0 Å². The summed E-state index contributed by atoms with van der Waals surface area (Å²) in [6, 6.07) is 0. The minimum atomic E-state index is -0.404. The Labute approximate surface area is 111 Å². The Bertz CT molecular complexity index is 391. The molecule has 2 saturated heterocycles. The largest absolute Gasteiger partial charge is 0.379 e. The van der Waals surface area contributed by atoms with Crippen LogP contribution in [0.15, 0.2) is 12.2 Å². The molecule has 3 aliphatic rings. The number of rotatable bonds is 6. The van der Waals surface area contributed by atoms with Gasteiger partial charge in [-0.1, -0.05) is 19.1 Å². The molecule has 4 unspecified atom stereocenters. The van der Waals surface area contributed by atoms with Gasteiger partial charge in [-0.05, 0) is 6.42 Å². The summed E-state index contributed by atoms with van der Waals surface area (Å²) in [7, 11) is 0. The molecule has 0 N–H and O–H groups in total. The second-order valence-electron chi connectivity index (χ2n) is 4.92. The zero-order valence-corrected chi connectivity index (χ0v) is 10.8. The summed E-state index contributed by atoms with van der Waals surface area (Å²) in [5.41, 5.74) is 0. The Kier molecular flexibility index (Phi) is 3.38. The molecule has 2 fully saturated rings. The van der Waals surface area contributed by atoms with E-state index in [9.17, 15) is 9.59 Å². The lowest BCUT2D eigenvalue weighted by Gasteiger charge is -2.16. The van der Waals surface area contributed by atoms with Crippen molar-refractivity contribution >= 4 is 11.8 Å². The fraction of sp³-hybridized carbons (Fsp3) is 0.692. The molecule has 0 aromatic carbocycles. The third-order valence-corrected chi connectivity index (χ3v) is 3.67. The average molecular weight is 267 g/mol. The number of imide groups is 1. The third kappa shape index (κ3) is 2.00. The van der Waals surface area contributed by atoms with Crippen molar-refractivity contribution in [2.45, 2.75) is 25.6 Å². The summed E-state index contributed by atoms with van der Waals surface area (Å²) in [5, 5.41) is 0.903. The van der Waals surface area contributed by atoms with E-state index in [4.69, 9.17) is 14.3 Å². The van der Waals surface area contributed by atoms with Gasteiger partial charge >= 0.3 is 0 Å². The van der Waals surface area contributed by atoms with Crippen LogP contribution in [0, 0.1) is 11.8 Å². The maximum atomic E-state index is 12.1. The van der Waals surface area contributed by atoms with Crippen LogP contribution in [0.2, 0.25) is 0 Å². The average Bonchev–Trinajstić information content (AvgIpc) is 3.06. The fourth-order valence-corrected chi connectivity index (χ4v) is 2.84. The molecule has 0 aromatic heterocycles. The van der Waals surface area contributed by atoms with Gasteiger partial charge in [0, 0.05) is 6.61 Å². The van der Waals surface area contributed by atoms with E-state index in [0.29, 0.717) is 13.2 Å². The summed E-state index contributed by atoms with van der Waals surface area (Å²) >= 11 is 0. The van der Waals surface area contributed by atoms with Crippen LogP contribution >= 0.6 is 0 Å². The third-order valence-electron chi connectivity index (χ3n) is 3.67. The molecule has 2 amide bonds. The molecule has 0 radical (unpaired) electrons. The molecule has 6 nitrogen and oxygen atoms in total. The lowest BCUT2D eigenvalue weighted by Crippen LogP contribution is -2.35. The predicted octanol–water partition coefficient (Wildman–Crippen LogP) is 0.283. The monoisotopic (exact) mass is 267 g/mol. The number of ether oxygens (including phenoxy) is 2. The number of nitrogens with zero attached hydrogens (tertiary/aromatic N) is 1. The molecular weight excluding hydrogens is 250 g/mol. The Morgan fingerprint density at radius 3 is 2.32 bits per heavy atom. The topological polar surface area (TPSA) is 65.1 Å². The number of hydrogen-bond acceptors (Lipinski definition) is 5. The standard InChI is InChI=1S/C13H17NO5/c1-2-5-17-6-7-18-14-12(15)10-8-3-4-9(19-8)11(10)13(14)16/h3-4,8-11H,2,5-7H2,1H3. The van der Waals surface area contributed by atoms with E-state index in [0.717, 1.165) is 11.5 Å². The van der Waals surface area contributed by atoms with Gasteiger partial charge in [-0.3, -0.25) is 14.4 Å². The first-order valence-corrected chi connectivity index (χ1v) is 6.66. The highest BCUT2D eigenvalue weighted by Gasteiger charge is 2.61. The molecule has 3 heterocycles. The Hall–Kier alpha value is -1.24. The predicted molar refractivity (Wildman–Crippen MR) is 63.7 cm³/mol. The maximum absolute atomic E-state index is 12.1. The number of amides is 2. The fourth-order valence-electron chi connectivity index (χ4n) is 2.84. The van der Waals surface area contributed by atoms with Gasteiger partial charge in [0.15, 0.2) is 0 Å². The van der Waals surface area contributed by atoms with E-state index in [1.54, 1.807) is 0 Å². The van der Waals surface area contributed by atoms with Gasteiger partial charge in [0.25, 0.3) is 11.8 Å². The lowest BCUT2D eigenvalue weighted by atomic mass is 9.85. The summed E-state index contributed by atoms with van der Waals surface area (Å²) < 4.78 is 10.8. The van der Waals surface area contributed by atoms with E-state index < -0.39 is 11.8 Å². The normalized spacial score (nSPS) is 35.5. The van der Waals surface area contributed by atoms with Crippen LogP contribution in [0.1, 0.15) is 13.3 Å². The molecule has 3 aliphatic heterocycles. The van der Waals surface area contributed by atoms with Crippen LogP contribution in [0.5, 0.6) is 0 Å². The van der Waals surface area contributed by atoms with E-state index in [1.165, 1.54) is 0 Å². The van der Waals surface area contributed by atoms with E-state index >= 15 is 0 Å². The minimum Gasteiger partial charge on any atom is -0.379 e. The zero-order valence-electron chi connectivity index (χ0n) is 10.8. The van der Waals surface area contributed by atoms with Crippen molar-refractivity contribution in [2.75, 3.05) is 19.8 Å². The van der Waals surface area contributed by atoms with E-state index in [1.807, 2.05) is 19.1 Å². The van der Waals surface area contributed by atoms with Crippen molar-refractivity contribution in [3.05, 3.63) is 12.2 Å². The van der Waals surface area contributed by atoms with Crippen LogP contribution < -0.4 is 0 Å². The number of hydrogen-bond donors (Lipinski definition) is 0. The van der Waals surface area contributed by atoms with Gasteiger partial charge in [-0.25, -0.2) is 0 Å². The van der Waals surface area contributed by atoms with Gasteiger partial charge in [0.1, 0.15) is 0 Å². The van der Waals surface area contributed by atoms with Gasteiger partial charge in [-0.15, -0.1) is 0 Å². The minimum absolute atomic E-state index is 0.209. The SMILES string of the molecule is CCCOCCON1C(=O)C2C3C=CC(O3)C2C1=O. The molecule has 2 bridgehead atoms. The Balaban J connectivity index is 1.57. The highest BCUT2D eigenvalue weighted by Crippen LogP contribution is 2.44. The first kappa shape index (κ1) is 12.8. The van der Waals surface area contributed by atoms with Crippen LogP contribution in [0.3, 0.4) is 0 Å². The maximum Gasteiger partial charge on any atom is 0.260 e. The number of carbonyl (C=O) groups is 2. The highest BCUT2D eigenvalue weighted by molar-refractivity contribution is 6.05. The molecule has 6 heteroatoms. The molecule has 0 saturated carbocycles. The first-order chi connectivity index (χ1) is 9.24.